The van der Waals surface area contributed by atoms with Crippen LogP contribution in [-0.4, -0.2) is 19.9 Å². The summed E-state index contributed by atoms with van der Waals surface area (Å²) in [6.07, 6.45) is 1.83. The van der Waals surface area contributed by atoms with Gasteiger partial charge in [0.05, 0.1) is 5.39 Å². The van der Waals surface area contributed by atoms with Gasteiger partial charge >= 0.3 is 0 Å². The molecule has 0 aliphatic heterocycles. The molecule has 3 heterocycles. The van der Waals surface area contributed by atoms with Crippen molar-refractivity contribution in [1.29, 1.82) is 0 Å². The van der Waals surface area contributed by atoms with E-state index in [1.165, 1.54) is 10.8 Å². The van der Waals surface area contributed by atoms with Gasteiger partial charge in [-0.05, 0) is 84.9 Å². The van der Waals surface area contributed by atoms with Gasteiger partial charge in [-0.3, -0.25) is 4.98 Å². The van der Waals surface area contributed by atoms with Crippen LogP contribution in [0.3, 0.4) is 0 Å². The maximum atomic E-state index is 6.22. The van der Waals surface area contributed by atoms with Crippen molar-refractivity contribution in [3.05, 3.63) is 182 Å². The molecule has 0 radical (unpaired) electrons. The molecule has 5 nitrogen and oxygen atoms in total. The fourth-order valence-corrected chi connectivity index (χ4v) is 8.03. The number of nitrogens with zero attached hydrogens (tertiary/aromatic N) is 4. The highest BCUT2D eigenvalue weighted by molar-refractivity contribution is 6.17. The van der Waals surface area contributed by atoms with Crippen molar-refractivity contribution in [1.82, 2.24) is 19.9 Å². The van der Waals surface area contributed by atoms with Crippen molar-refractivity contribution in [2.45, 2.75) is 0 Å². The monoisotopic (exact) mass is 702 g/mol. The highest BCUT2D eigenvalue weighted by Gasteiger charge is 2.19. The summed E-state index contributed by atoms with van der Waals surface area (Å²) in [7, 11) is 0. The average molecular weight is 703 g/mol. The largest absolute Gasteiger partial charge is 0.454 e. The first-order valence-electron chi connectivity index (χ1n) is 18.4. The van der Waals surface area contributed by atoms with Crippen LogP contribution in [0, 0.1) is 0 Å². The lowest BCUT2D eigenvalue weighted by Gasteiger charge is -2.16. The molecule has 0 aliphatic carbocycles. The summed E-state index contributed by atoms with van der Waals surface area (Å²) < 4.78 is 6.22. The molecule has 5 heteroatoms. The maximum absolute atomic E-state index is 6.22. The van der Waals surface area contributed by atoms with Gasteiger partial charge in [0.1, 0.15) is 11.1 Å². The van der Waals surface area contributed by atoms with Crippen LogP contribution in [-0.2, 0) is 0 Å². The maximum Gasteiger partial charge on any atom is 0.164 e. The molecule has 0 bridgehead atoms. The predicted molar refractivity (Wildman–Crippen MR) is 225 cm³/mol. The summed E-state index contributed by atoms with van der Waals surface area (Å²) in [5.41, 5.74) is 9.87. The lowest BCUT2D eigenvalue weighted by Crippen LogP contribution is -2.01. The van der Waals surface area contributed by atoms with Crippen LogP contribution >= 0.6 is 0 Å². The van der Waals surface area contributed by atoms with E-state index in [1.807, 2.05) is 54.7 Å². The summed E-state index contributed by atoms with van der Waals surface area (Å²) in [4.78, 5) is 20.0. The molecule has 0 aliphatic rings. The molecular formula is C50H30N4O. The quantitative estimate of drug-likeness (QED) is 0.179. The number of rotatable bonds is 5. The Hall–Kier alpha value is -7.50. The zero-order chi connectivity index (χ0) is 36.3. The third-order valence-electron chi connectivity index (χ3n) is 10.6. The molecule has 11 rings (SSSR count). The molecule has 0 atom stereocenters. The van der Waals surface area contributed by atoms with E-state index < -0.39 is 0 Å². The minimum Gasteiger partial charge on any atom is -0.454 e. The van der Waals surface area contributed by atoms with E-state index in [0.717, 1.165) is 82.6 Å². The fourth-order valence-electron chi connectivity index (χ4n) is 8.03. The van der Waals surface area contributed by atoms with Crippen molar-refractivity contribution in [3.8, 4) is 56.4 Å². The van der Waals surface area contributed by atoms with Gasteiger partial charge in [0.25, 0.3) is 0 Å². The molecule has 8 aromatic carbocycles. The standard InChI is InChI=1S/C50H30N4O/c1-2-13-32(14-3-1)48-52-49(34-24-23-31-12-4-5-15-33(31)30-34)54-50(53-48)43-28-27-40(37-18-8-9-19-38(37)43)39-25-26-41(36-17-7-6-16-35(36)39)42-20-10-21-44-46(42)47-45(55-44)22-11-29-51-47/h1-30H. The highest BCUT2D eigenvalue weighted by atomic mass is 16.3. The second kappa shape index (κ2) is 12.6. The Bertz CT molecular complexity index is 3280. The molecule has 0 saturated carbocycles. The minimum absolute atomic E-state index is 0.633. The number of fused-ring (bicyclic) bond motifs is 6. The van der Waals surface area contributed by atoms with Crippen molar-refractivity contribution in [2.75, 3.05) is 0 Å². The first-order valence-corrected chi connectivity index (χ1v) is 18.4. The van der Waals surface area contributed by atoms with Gasteiger partial charge in [-0.15, -0.1) is 0 Å². The van der Waals surface area contributed by atoms with Crippen LogP contribution in [0.4, 0.5) is 0 Å². The number of hydrogen-bond donors (Lipinski definition) is 0. The molecule has 0 N–H and O–H groups in total. The average Bonchev–Trinajstić information content (AvgIpc) is 3.65. The smallest absolute Gasteiger partial charge is 0.164 e. The number of furan rings is 1. The van der Waals surface area contributed by atoms with Crippen molar-refractivity contribution >= 4 is 54.4 Å². The van der Waals surface area contributed by atoms with Gasteiger partial charge in [-0.25, -0.2) is 15.0 Å². The highest BCUT2D eigenvalue weighted by Crippen LogP contribution is 2.43. The van der Waals surface area contributed by atoms with Crippen LogP contribution in [0.5, 0.6) is 0 Å². The van der Waals surface area contributed by atoms with Gasteiger partial charge < -0.3 is 4.42 Å². The molecule has 0 spiro atoms. The zero-order valence-corrected chi connectivity index (χ0v) is 29.5. The van der Waals surface area contributed by atoms with Crippen molar-refractivity contribution < 1.29 is 4.42 Å². The molecule has 256 valence electrons. The Labute approximate surface area is 316 Å². The summed E-state index contributed by atoms with van der Waals surface area (Å²) in [6.45, 7) is 0. The Morgan fingerprint density at radius 2 is 0.909 bits per heavy atom. The molecule has 0 amide bonds. The van der Waals surface area contributed by atoms with E-state index in [1.54, 1.807) is 0 Å². The summed E-state index contributed by atoms with van der Waals surface area (Å²) >= 11 is 0. The van der Waals surface area contributed by atoms with E-state index >= 15 is 0 Å². The Morgan fingerprint density at radius 1 is 0.345 bits per heavy atom. The third-order valence-corrected chi connectivity index (χ3v) is 10.6. The molecule has 0 fully saturated rings. The predicted octanol–water partition coefficient (Wildman–Crippen LogP) is 13.0. The zero-order valence-electron chi connectivity index (χ0n) is 29.5. The first-order chi connectivity index (χ1) is 27.3. The molecule has 0 unspecified atom stereocenters. The number of benzene rings is 8. The molecular weight excluding hydrogens is 673 g/mol. The Kier molecular flexibility index (Phi) is 7.10. The SMILES string of the molecule is c1ccc(-c2nc(-c3ccc4ccccc4c3)nc(-c3ccc(-c4ccc(-c5cccc6oc7cccnc7c56)c5ccccc45)c4ccccc34)n2)cc1. The van der Waals surface area contributed by atoms with Crippen molar-refractivity contribution in [3.63, 3.8) is 0 Å². The Balaban J connectivity index is 1.10. The fraction of sp³-hybridized carbons (Fsp3) is 0. The van der Waals surface area contributed by atoms with E-state index in [2.05, 4.69) is 127 Å². The second-order valence-electron chi connectivity index (χ2n) is 13.8. The third kappa shape index (κ3) is 5.17. The summed E-state index contributed by atoms with van der Waals surface area (Å²) in [6, 6.07) is 61.1. The topological polar surface area (TPSA) is 64.7 Å². The lowest BCUT2D eigenvalue weighted by atomic mass is 9.88. The van der Waals surface area contributed by atoms with Gasteiger partial charge in [0, 0.05) is 22.9 Å². The summed E-state index contributed by atoms with van der Waals surface area (Å²) in [5.74, 6) is 1.91. The van der Waals surface area contributed by atoms with Gasteiger partial charge in [0.15, 0.2) is 23.1 Å². The van der Waals surface area contributed by atoms with Crippen LogP contribution in [0.15, 0.2) is 187 Å². The van der Waals surface area contributed by atoms with Crippen LogP contribution in [0.1, 0.15) is 0 Å². The van der Waals surface area contributed by atoms with Gasteiger partial charge in [-0.2, -0.15) is 0 Å². The van der Waals surface area contributed by atoms with Gasteiger partial charge in [-0.1, -0.05) is 146 Å². The lowest BCUT2D eigenvalue weighted by molar-refractivity contribution is 0.668. The molecule has 11 aromatic rings. The van der Waals surface area contributed by atoms with E-state index in [0.29, 0.717) is 17.5 Å². The number of aromatic nitrogens is 4. The molecule has 3 aromatic heterocycles. The first kappa shape index (κ1) is 31.1. The van der Waals surface area contributed by atoms with Crippen LogP contribution < -0.4 is 0 Å². The van der Waals surface area contributed by atoms with Crippen LogP contribution in [0.25, 0.3) is 111 Å². The minimum atomic E-state index is 0.633. The van der Waals surface area contributed by atoms with E-state index in [9.17, 15) is 0 Å². The van der Waals surface area contributed by atoms with Crippen LogP contribution in [0.2, 0.25) is 0 Å². The normalized spacial score (nSPS) is 11.6. The van der Waals surface area contributed by atoms with E-state index in [-0.39, 0.29) is 0 Å². The molecule has 0 saturated heterocycles. The Morgan fingerprint density at radius 3 is 1.64 bits per heavy atom. The number of hydrogen-bond acceptors (Lipinski definition) is 5. The van der Waals surface area contributed by atoms with Gasteiger partial charge in [0.2, 0.25) is 0 Å². The summed E-state index contributed by atoms with van der Waals surface area (Å²) in [5, 5.41) is 7.87. The second-order valence-corrected chi connectivity index (χ2v) is 13.8. The molecule has 55 heavy (non-hydrogen) atoms. The van der Waals surface area contributed by atoms with E-state index in [4.69, 9.17) is 24.4 Å². The van der Waals surface area contributed by atoms with Crippen molar-refractivity contribution in [2.24, 2.45) is 0 Å². The number of pyridine rings is 1.